The molecule has 4 heteroatoms. The molecule has 1 aromatic rings. The normalized spacial score (nSPS) is 11.9. The maximum absolute atomic E-state index is 5.02. The van der Waals surface area contributed by atoms with E-state index in [-0.39, 0.29) is 5.54 Å². The first-order valence-electron chi connectivity index (χ1n) is 5.83. The molecule has 0 aromatic carbocycles. The minimum absolute atomic E-state index is 0.153. The summed E-state index contributed by atoms with van der Waals surface area (Å²) in [6, 6.07) is 3.91. The number of pyridine rings is 1. The molecule has 96 valence electrons. The van der Waals surface area contributed by atoms with Gasteiger partial charge in [0.25, 0.3) is 0 Å². The topological polar surface area (TPSA) is 37.4 Å². The highest BCUT2D eigenvalue weighted by molar-refractivity contribution is 5.17. The van der Waals surface area contributed by atoms with Crippen molar-refractivity contribution in [2.75, 3.05) is 27.7 Å². The van der Waals surface area contributed by atoms with E-state index in [0.717, 1.165) is 13.1 Å². The second kappa shape index (κ2) is 5.98. The van der Waals surface area contributed by atoms with Crippen molar-refractivity contribution in [1.82, 2.24) is 15.2 Å². The van der Waals surface area contributed by atoms with Gasteiger partial charge in [0.1, 0.15) is 0 Å². The Kier molecular flexibility index (Phi) is 4.90. The van der Waals surface area contributed by atoms with Gasteiger partial charge in [-0.15, -0.1) is 0 Å². The number of likely N-dealkylation sites (N-methyl/N-ethyl adjacent to an activating group) is 1. The predicted molar refractivity (Wildman–Crippen MR) is 70.3 cm³/mol. The largest absolute Gasteiger partial charge is 0.481 e. The van der Waals surface area contributed by atoms with Crippen molar-refractivity contribution in [2.24, 2.45) is 0 Å². The van der Waals surface area contributed by atoms with E-state index in [0.29, 0.717) is 5.88 Å². The fourth-order valence-corrected chi connectivity index (χ4v) is 1.31. The van der Waals surface area contributed by atoms with E-state index < -0.39 is 0 Å². The number of rotatable bonds is 6. The van der Waals surface area contributed by atoms with Gasteiger partial charge in [0.2, 0.25) is 5.88 Å². The van der Waals surface area contributed by atoms with Crippen LogP contribution in [0.2, 0.25) is 0 Å². The van der Waals surface area contributed by atoms with Crippen molar-refractivity contribution in [3.05, 3.63) is 23.9 Å². The van der Waals surface area contributed by atoms with Crippen LogP contribution in [0.3, 0.4) is 0 Å². The Balaban J connectivity index is 2.40. The van der Waals surface area contributed by atoms with Gasteiger partial charge < -0.3 is 15.0 Å². The zero-order valence-electron chi connectivity index (χ0n) is 11.4. The SMILES string of the molecule is COc1ccc(CNCC(C)(C)N(C)C)cn1. The molecule has 0 unspecified atom stereocenters. The fraction of sp³-hybridized carbons (Fsp3) is 0.615. The molecule has 0 spiro atoms. The molecule has 1 aromatic heterocycles. The van der Waals surface area contributed by atoms with Gasteiger partial charge in [-0.05, 0) is 33.5 Å². The van der Waals surface area contributed by atoms with Crippen LogP contribution in [0.15, 0.2) is 18.3 Å². The molecule has 1 rings (SSSR count). The van der Waals surface area contributed by atoms with Gasteiger partial charge in [-0.25, -0.2) is 4.98 Å². The summed E-state index contributed by atoms with van der Waals surface area (Å²) in [6.07, 6.45) is 1.84. The Morgan fingerprint density at radius 3 is 2.53 bits per heavy atom. The third-order valence-corrected chi connectivity index (χ3v) is 3.10. The van der Waals surface area contributed by atoms with Crippen LogP contribution in [0.4, 0.5) is 0 Å². The Morgan fingerprint density at radius 1 is 1.35 bits per heavy atom. The van der Waals surface area contributed by atoms with Crippen LogP contribution in [0.1, 0.15) is 19.4 Å². The summed E-state index contributed by atoms with van der Waals surface area (Å²) in [4.78, 5) is 6.39. The van der Waals surface area contributed by atoms with Crippen LogP contribution in [0.5, 0.6) is 5.88 Å². The standard InChI is InChI=1S/C13H23N3O/c1-13(2,16(3)4)10-14-8-11-6-7-12(17-5)15-9-11/h6-7,9,14H,8,10H2,1-5H3. The van der Waals surface area contributed by atoms with Crippen LogP contribution >= 0.6 is 0 Å². The molecule has 0 atom stereocenters. The first kappa shape index (κ1) is 13.9. The minimum atomic E-state index is 0.153. The zero-order valence-corrected chi connectivity index (χ0v) is 11.4. The molecule has 0 saturated heterocycles. The smallest absolute Gasteiger partial charge is 0.212 e. The molecular formula is C13H23N3O. The fourth-order valence-electron chi connectivity index (χ4n) is 1.31. The van der Waals surface area contributed by atoms with Crippen LogP contribution in [0, 0.1) is 0 Å². The first-order valence-corrected chi connectivity index (χ1v) is 5.83. The molecule has 0 radical (unpaired) electrons. The molecule has 1 N–H and O–H groups in total. The second-order valence-electron chi connectivity index (χ2n) is 5.02. The highest BCUT2D eigenvalue weighted by Crippen LogP contribution is 2.09. The Labute approximate surface area is 104 Å². The predicted octanol–water partition coefficient (Wildman–Crippen LogP) is 1.52. The van der Waals surface area contributed by atoms with Crippen molar-refractivity contribution in [2.45, 2.75) is 25.9 Å². The minimum Gasteiger partial charge on any atom is -0.481 e. The second-order valence-corrected chi connectivity index (χ2v) is 5.02. The summed E-state index contributed by atoms with van der Waals surface area (Å²) in [6.45, 7) is 6.19. The van der Waals surface area contributed by atoms with Gasteiger partial charge in [-0.3, -0.25) is 0 Å². The van der Waals surface area contributed by atoms with Crippen molar-refractivity contribution >= 4 is 0 Å². The molecule has 4 nitrogen and oxygen atoms in total. The van der Waals surface area contributed by atoms with E-state index in [1.165, 1.54) is 5.56 Å². The number of nitrogens with zero attached hydrogens (tertiary/aromatic N) is 2. The third kappa shape index (κ3) is 4.32. The van der Waals surface area contributed by atoms with Crippen molar-refractivity contribution in [3.63, 3.8) is 0 Å². The van der Waals surface area contributed by atoms with Gasteiger partial charge in [0.15, 0.2) is 0 Å². The lowest BCUT2D eigenvalue weighted by Gasteiger charge is -2.32. The summed E-state index contributed by atoms with van der Waals surface area (Å²) in [5.74, 6) is 0.655. The number of methoxy groups -OCH3 is 1. The van der Waals surface area contributed by atoms with Gasteiger partial charge >= 0.3 is 0 Å². The summed E-state index contributed by atoms with van der Waals surface area (Å²) in [7, 11) is 5.81. The molecule has 0 saturated carbocycles. The number of hydrogen-bond acceptors (Lipinski definition) is 4. The van der Waals surface area contributed by atoms with E-state index in [1.807, 2.05) is 18.3 Å². The zero-order chi connectivity index (χ0) is 12.9. The molecule has 0 aliphatic rings. The van der Waals surface area contributed by atoms with Gasteiger partial charge in [0, 0.05) is 30.9 Å². The maximum Gasteiger partial charge on any atom is 0.212 e. The summed E-state index contributed by atoms with van der Waals surface area (Å²) in [5.41, 5.74) is 1.32. The average Bonchev–Trinajstić information content (AvgIpc) is 2.29. The number of aromatic nitrogens is 1. The molecule has 17 heavy (non-hydrogen) atoms. The Morgan fingerprint density at radius 2 is 2.06 bits per heavy atom. The monoisotopic (exact) mass is 237 g/mol. The highest BCUT2D eigenvalue weighted by Gasteiger charge is 2.19. The molecule has 1 heterocycles. The lowest BCUT2D eigenvalue weighted by molar-refractivity contribution is 0.189. The van der Waals surface area contributed by atoms with Gasteiger partial charge in [-0.2, -0.15) is 0 Å². The lowest BCUT2D eigenvalue weighted by atomic mass is 10.0. The van der Waals surface area contributed by atoms with E-state index in [9.17, 15) is 0 Å². The summed E-state index contributed by atoms with van der Waals surface area (Å²) < 4.78 is 5.02. The first-order chi connectivity index (χ1) is 7.95. The molecule has 0 fully saturated rings. The lowest BCUT2D eigenvalue weighted by Crippen LogP contribution is -2.46. The molecule has 0 amide bonds. The quantitative estimate of drug-likeness (QED) is 0.814. The van der Waals surface area contributed by atoms with Crippen LogP contribution < -0.4 is 10.1 Å². The molecule has 0 aliphatic heterocycles. The number of nitrogens with one attached hydrogen (secondary N) is 1. The van der Waals surface area contributed by atoms with E-state index in [2.05, 4.69) is 43.1 Å². The maximum atomic E-state index is 5.02. The van der Waals surface area contributed by atoms with Crippen molar-refractivity contribution in [1.29, 1.82) is 0 Å². The van der Waals surface area contributed by atoms with Crippen molar-refractivity contribution < 1.29 is 4.74 Å². The number of ether oxygens (including phenoxy) is 1. The summed E-state index contributed by atoms with van der Waals surface area (Å²) >= 11 is 0. The van der Waals surface area contributed by atoms with Crippen molar-refractivity contribution in [3.8, 4) is 5.88 Å². The van der Waals surface area contributed by atoms with E-state index in [1.54, 1.807) is 7.11 Å². The highest BCUT2D eigenvalue weighted by atomic mass is 16.5. The molecule has 0 aliphatic carbocycles. The Hall–Kier alpha value is -1.13. The molecular weight excluding hydrogens is 214 g/mol. The summed E-state index contributed by atoms with van der Waals surface area (Å²) in [5, 5.41) is 3.44. The van der Waals surface area contributed by atoms with E-state index >= 15 is 0 Å². The third-order valence-electron chi connectivity index (χ3n) is 3.10. The molecule has 0 bridgehead atoms. The average molecular weight is 237 g/mol. The van der Waals surface area contributed by atoms with Gasteiger partial charge in [0.05, 0.1) is 7.11 Å². The van der Waals surface area contributed by atoms with Crippen LogP contribution in [-0.4, -0.2) is 43.2 Å². The van der Waals surface area contributed by atoms with Gasteiger partial charge in [-0.1, -0.05) is 6.07 Å². The van der Waals surface area contributed by atoms with Crippen LogP contribution in [-0.2, 0) is 6.54 Å². The number of hydrogen-bond donors (Lipinski definition) is 1. The Bertz CT molecular complexity index is 333. The van der Waals surface area contributed by atoms with E-state index in [4.69, 9.17) is 4.74 Å². The van der Waals surface area contributed by atoms with Crippen LogP contribution in [0.25, 0.3) is 0 Å².